The fraction of sp³-hybridized carbons (Fsp3) is 1.00. The van der Waals surface area contributed by atoms with Gasteiger partial charge in [0.1, 0.15) is 0 Å². The number of rotatable bonds is 9. The molecule has 0 aliphatic rings. The molecule has 0 saturated carbocycles. The van der Waals surface area contributed by atoms with E-state index < -0.39 is 0 Å². The van der Waals surface area contributed by atoms with Crippen molar-refractivity contribution in [2.24, 2.45) is 5.92 Å². The summed E-state index contributed by atoms with van der Waals surface area (Å²) >= 11 is 0. The highest BCUT2D eigenvalue weighted by Crippen LogP contribution is 2.11. The maximum absolute atomic E-state index is 5.78. The highest BCUT2D eigenvalue weighted by Gasteiger charge is 2.18. The molecular formula is C12H27NO2. The van der Waals surface area contributed by atoms with E-state index in [-0.39, 0.29) is 5.60 Å². The highest BCUT2D eigenvalue weighted by molar-refractivity contribution is 4.67. The zero-order valence-electron chi connectivity index (χ0n) is 10.9. The second-order valence-electron chi connectivity index (χ2n) is 4.95. The first-order valence-corrected chi connectivity index (χ1v) is 5.84. The van der Waals surface area contributed by atoms with Crippen molar-refractivity contribution in [2.45, 2.75) is 39.7 Å². The molecule has 0 radical (unpaired) electrons. The smallest absolute Gasteiger partial charge is 0.0858 e. The molecule has 0 amide bonds. The molecule has 0 fully saturated rings. The summed E-state index contributed by atoms with van der Waals surface area (Å²) in [4.78, 5) is 0. The molecule has 0 aromatic carbocycles. The molecule has 1 N–H and O–H groups in total. The molecule has 0 aliphatic heterocycles. The normalized spacial score (nSPS) is 12.4. The van der Waals surface area contributed by atoms with Crippen LogP contribution in [-0.4, -0.2) is 39.0 Å². The summed E-state index contributed by atoms with van der Waals surface area (Å²) in [7, 11) is 1.92. The number of hydrogen-bond acceptors (Lipinski definition) is 3. The van der Waals surface area contributed by atoms with Gasteiger partial charge in [-0.3, -0.25) is 0 Å². The minimum Gasteiger partial charge on any atom is -0.377 e. The molecule has 0 spiro atoms. The molecule has 3 nitrogen and oxygen atoms in total. The van der Waals surface area contributed by atoms with Gasteiger partial charge in [0.05, 0.1) is 18.8 Å². The largest absolute Gasteiger partial charge is 0.377 e. The van der Waals surface area contributed by atoms with Crippen LogP contribution >= 0.6 is 0 Å². The molecule has 0 saturated heterocycles. The Hall–Kier alpha value is -0.120. The predicted octanol–water partition coefficient (Wildman–Crippen LogP) is 2.06. The second kappa shape index (κ2) is 8.08. The van der Waals surface area contributed by atoms with Crippen molar-refractivity contribution in [3.8, 4) is 0 Å². The monoisotopic (exact) mass is 217 g/mol. The summed E-state index contributed by atoms with van der Waals surface area (Å²) in [5.74, 6) is 0.700. The first-order chi connectivity index (χ1) is 6.98. The van der Waals surface area contributed by atoms with Gasteiger partial charge in [-0.25, -0.2) is 0 Å². The lowest BCUT2D eigenvalue weighted by Gasteiger charge is -2.25. The van der Waals surface area contributed by atoms with Gasteiger partial charge in [0.25, 0.3) is 0 Å². The van der Waals surface area contributed by atoms with Crippen molar-refractivity contribution in [1.82, 2.24) is 5.32 Å². The average molecular weight is 217 g/mol. The third kappa shape index (κ3) is 10.2. The maximum Gasteiger partial charge on any atom is 0.0858 e. The molecule has 0 bridgehead atoms. The van der Waals surface area contributed by atoms with Crippen LogP contribution in [0.5, 0.6) is 0 Å². The van der Waals surface area contributed by atoms with Gasteiger partial charge in [-0.15, -0.1) is 0 Å². The summed E-state index contributed by atoms with van der Waals surface area (Å²) in [6.07, 6.45) is 1.11. The van der Waals surface area contributed by atoms with Gasteiger partial charge in [0.2, 0.25) is 0 Å². The fourth-order valence-corrected chi connectivity index (χ4v) is 1.10. The van der Waals surface area contributed by atoms with Crippen molar-refractivity contribution in [3.63, 3.8) is 0 Å². The highest BCUT2D eigenvalue weighted by atomic mass is 16.5. The van der Waals surface area contributed by atoms with Crippen LogP contribution in [0.25, 0.3) is 0 Å². The van der Waals surface area contributed by atoms with Gasteiger partial charge in [-0.05, 0) is 33.2 Å². The first-order valence-electron chi connectivity index (χ1n) is 5.84. The molecule has 92 valence electrons. The van der Waals surface area contributed by atoms with Gasteiger partial charge in [-0.2, -0.15) is 0 Å². The summed E-state index contributed by atoms with van der Waals surface area (Å²) < 4.78 is 11.3. The van der Waals surface area contributed by atoms with Crippen molar-refractivity contribution in [2.75, 3.05) is 33.4 Å². The van der Waals surface area contributed by atoms with E-state index in [4.69, 9.17) is 9.47 Å². The van der Waals surface area contributed by atoms with Crippen LogP contribution in [0.3, 0.4) is 0 Å². The number of nitrogens with one attached hydrogen (secondary N) is 1. The van der Waals surface area contributed by atoms with Gasteiger partial charge < -0.3 is 14.8 Å². The minimum atomic E-state index is -0.164. The van der Waals surface area contributed by atoms with E-state index >= 15 is 0 Å². The van der Waals surface area contributed by atoms with Crippen LogP contribution in [0.4, 0.5) is 0 Å². The number of ether oxygens (including phenoxy) is 2. The SMILES string of the molecule is CNCCOCC(C)(C)OCCC(C)C. The lowest BCUT2D eigenvalue weighted by atomic mass is 10.1. The maximum atomic E-state index is 5.78. The van der Waals surface area contributed by atoms with E-state index in [2.05, 4.69) is 33.0 Å². The Morgan fingerprint density at radius 2 is 1.87 bits per heavy atom. The Morgan fingerprint density at radius 3 is 2.40 bits per heavy atom. The lowest BCUT2D eigenvalue weighted by molar-refractivity contribution is -0.0767. The molecule has 3 heteroatoms. The van der Waals surface area contributed by atoms with Gasteiger partial charge in [-0.1, -0.05) is 13.8 Å². The topological polar surface area (TPSA) is 30.5 Å². The third-order valence-electron chi connectivity index (χ3n) is 2.13. The summed E-state index contributed by atoms with van der Waals surface area (Å²) in [5, 5.41) is 3.05. The van der Waals surface area contributed by atoms with Crippen LogP contribution in [0.2, 0.25) is 0 Å². The summed E-state index contributed by atoms with van der Waals surface area (Å²) in [6.45, 7) is 11.7. The van der Waals surface area contributed by atoms with E-state index in [9.17, 15) is 0 Å². The van der Waals surface area contributed by atoms with Gasteiger partial charge in [0.15, 0.2) is 0 Å². The van der Waals surface area contributed by atoms with E-state index in [1.54, 1.807) is 0 Å². The summed E-state index contributed by atoms with van der Waals surface area (Å²) in [6, 6.07) is 0. The van der Waals surface area contributed by atoms with Crippen LogP contribution < -0.4 is 5.32 Å². The lowest BCUT2D eigenvalue weighted by Crippen LogP contribution is -2.32. The standard InChI is InChI=1S/C12H27NO2/c1-11(2)6-8-15-12(3,4)10-14-9-7-13-5/h11,13H,6-10H2,1-5H3. The van der Waals surface area contributed by atoms with E-state index in [1.807, 2.05) is 7.05 Å². The Bertz CT molecular complexity index is 147. The van der Waals surface area contributed by atoms with Crippen molar-refractivity contribution < 1.29 is 9.47 Å². The molecule has 0 rings (SSSR count). The van der Waals surface area contributed by atoms with E-state index in [0.29, 0.717) is 12.5 Å². The fourth-order valence-electron chi connectivity index (χ4n) is 1.10. The molecular weight excluding hydrogens is 190 g/mol. The molecule has 0 aromatic rings. The van der Waals surface area contributed by atoms with E-state index in [1.165, 1.54) is 0 Å². The van der Waals surface area contributed by atoms with Crippen molar-refractivity contribution in [1.29, 1.82) is 0 Å². The van der Waals surface area contributed by atoms with Crippen LogP contribution in [0, 0.1) is 5.92 Å². The molecule has 0 aromatic heterocycles. The first kappa shape index (κ1) is 14.9. The zero-order valence-corrected chi connectivity index (χ0v) is 10.9. The Labute approximate surface area is 94.5 Å². The molecule has 0 unspecified atom stereocenters. The van der Waals surface area contributed by atoms with Crippen LogP contribution in [0.1, 0.15) is 34.1 Å². The molecule has 15 heavy (non-hydrogen) atoms. The summed E-state index contributed by atoms with van der Waals surface area (Å²) in [5.41, 5.74) is -0.164. The molecule has 0 aliphatic carbocycles. The number of likely N-dealkylation sites (N-methyl/N-ethyl adjacent to an activating group) is 1. The second-order valence-corrected chi connectivity index (χ2v) is 4.95. The predicted molar refractivity (Wildman–Crippen MR) is 64.2 cm³/mol. The molecule has 0 atom stereocenters. The Balaban J connectivity index is 3.48. The van der Waals surface area contributed by atoms with Gasteiger partial charge in [0, 0.05) is 13.2 Å². The minimum absolute atomic E-state index is 0.164. The molecule has 0 heterocycles. The van der Waals surface area contributed by atoms with Crippen molar-refractivity contribution in [3.05, 3.63) is 0 Å². The van der Waals surface area contributed by atoms with E-state index in [0.717, 1.165) is 26.2 Å². The van der Waals surface area contributed by atoms with Crippen molar-refractivity contribution >= 4 is 0 Å². The average Bonchev–Trinajstić information content (AvgIpc) is 2.11. The quantitative estimate of drug-likeness (QED) is 0.600. The van der Waals surface area contributed by atoms with Gasteiger partial charge >= 0.3 is 0 Å². The van der Waals surface area contributed by atoms with Crippen LogP contribution in [0.15, 0.2) is 0 Å². The zero-order chi connectivity index (χ0) is 11.7. The Kier molecular flexibility index (Phi) is 8.02. The Morgan fingerprint density at radius 1 is 1.20 bits per heavy atom. The number of hydrogen-bond donors (Lipinski definition) is 1. The third-order valence-corrected chi connectivity index (χ3v) is 2.13. The van der Waals surface area contributed by atoms with Crippen LogP contribution in [-0.2, 0) is 9.47 Å².